The molecule has 1 aromatic carbocycles. The Morgan fingerprint density at radius 1 is 1.19 bits per heavy atom. The van der Waals surface area contributed by atoms with Crippen LogP contribution in [0, 0.1) is 11.7 Å². The first-order valence-electron chi connectivity index (χ1n) is 4.78. The lowest BCUT2D eigenvalue weighted by Crippen LogP contribution is -2.10. The van der Waals surface area contributed by atoms with Gasteiger partial charge in [-0.1, -0.05) is 19.9 Å². The Balaban J connectivity index is 3.10. The van der Waals surface area contributed by atoms with E-state index in [0.29, 0.717) is 6.07 Å². The summed E-state index contributed by atoms with van der Waals surface area (Å²) in [6.07, 6.45) is -5.66. The molecule has 90 valence electrons. The Kier molecular flexibility index (Phi) is 3.57. The third-order valence-corrected chi connectivity index (χ3v) is 2.28. The maximum Gasteiger partial charge on any atom is 0.416 e. The van der Waals surface area contributed by atoms with Crippen LogP contribution in [-0.4, -0.2) is 5.11 Å². The topological polar surface area (TPSA) is 20.2 Å². The summed E-state index contributed by atoms with van der Waals surface area (Å²) in [6.45, 7) is 3.31. The van der Waals surface area contributed by atoms with Crippen LogP contribution >= 0.6 is 0 Å². The smallest absolute Gasteiger partial charge is 0.388 e. The third kappa shape index (κ3) is 2.72. The quantitative estimate of drug-likeness (QED) is 0.779. The molecule has 1 aromatic rings. The molecule has 0 saturated heterocycles. The van der Waals surface area contributed by atoms with Crippen molar-refractivity contribution >= 4 is 0 Å². The molecule has 16 heavy (non-hydrogen) atoms. The summed E-state index contributed by atoms with van der Waals surface area (Å²) in [5.74, 6) is -1.29. The second-order valence-electron chi connectivity index (χ2n) is 3.92. The zero-order chi connectivity index (χ0) is 12.5. The Morgan fingerprint density at radius 3 is 2.12 bits per heavy atom. The van der Waals surface area contributed by atoms with Gasteiger partial charge in [-0.15, -0.1) is 0 Å². The van der Waals surface area contributed by atoms with Gasteiger partial charge in [-0.25, -0.2) is 4.39 Å². The van der Waals surface area contributed by atoms with Crippen molar-refractivity contribution in [3.8, 4) is 0 Å². The van der Waals surface area contributed by atoms with Gasteiger partial charge >= 0.3 is 6.18 Å². The Labute approximate surface area is 90.7 Å². The molecule has 1 nitrogen and oxygen atoms in total. The highest BCUT2D eigenvalue weighted by Crippen LogP contribution is 2.32. The van der Waals surface area contributed by atoms with Crippen LogP contribution in [0.25, 0.3) is 0 Å². The first-order chi connectivity index (χ1) is 7.23. The van der Waals surface area contributed by atoms with Gasteiger partial charge in [0.1, 0.15) is 5.82 Å². The molecule has 0 aliphatic heterocycles. The molecule has 1 atom stereocenters. The highest BCUT2D eigenvalue weighted by atomic mass is 19.4. The van der Waals surface area contributed by atoms with Crippen molar-refractivity contribution in [2.24, 2.45) is 5.92 Å². The molecule has 0 bridgehead atoms. The summed E-state index contributed by atoms with van der Waals surface area (Å²) >= 11 is 0. The van der Waals surface area contributed by atoms with Crippen LogP contribution in [0.2, 0.25) is 0 Å². The number of hydrogen-bond acceptors (Lipinski definition) is 1. The van der Waals surface area contributed by atoms with Crippen LogP contribution in [-0.2, 0) is 6.18 Å². The van der Waals surface area contributed by atoms with Crippen LogP contribution in [0.5, 0.6) is 0 Å². The summed E-state index contributed by atoms with van der Waals surface area (Å²) in [5.41, 5.74) is -1.16. The largest absolute Gasteiger partial charge is 0.416 e. The molecule has 0 spiro atoms. The zero-order valence-corrected chi connectivity index (χ0v) is 8.85. The SMILES string of the molecule is CC(C)C(O)c1ccc(C(F)(F)F)cc1F. The molecule has 0 aliphatic rings. The lowest BCUT2D eigenvalue weighted by Gasteiger charge is -2.16. The predicted molar refractivity (Wildman–Crippen MR) is 51.2 cm³/mol. The molecule has 1 N–H and O–H groups in total. The van der Waals surface area contributed by atoms with Crippen molar-refractivity contribution < 1.29 is 22.7 Å². The minimum Gasteiger partial charge on any atom is -0.388 e. The van der Waals surface area contributed by atoms with Crippen LogP contribution in [0.1, 0.15) is 31.1 Å². The molecule has 5 heteroatoms. The van der Waals surface area contributed by atoms with Gasteiger partial charge in [0.15, 0.2) is 0 Å². The Hall–Kier alpha value is -1.10. The Morgan fingerprint density at radius 2 is 1.75 bits per heavy atom. The highest BCUT2D eigenvalue weighted by molar-refractivity contribution is 5.28. The number of benzene rings is 1. The molecule has 0 fully saturated rings. The van der Waals surface area contributed by atoms with E-state index in [1.165, 1.54) is 0 Å². The van der Waals surface area contributed by atoms with Crippen molar-refractivity contribution in [2.75, 3.05) is 0 Å². The normalized spacial score (nSPS) is 14.2. The molecule has 1 rings (SSSR count). The summed E-state index contributed by atoms with van der Waals surface area (Å²) in [5, 5.41) is 9.55. The van der Waals surface area contributed by atoms with Crippen molar-refractivity contribution in [3.05, 3.63) is 35.1 Å². The van der Waals surface area contributed by atoms with Crippen LogP contribution in [0.4, 0.5) is 17.6 Å². The average molecular weight is 236 g/mol. The second-order valence-corrected chi connectivity index (χ2v) is 3.92. The minimum absolute atomic E-state index is 0.108. The molecule has 0 amide bonds. The molecule has 1 unspecified atom stereocenters. The van der Waals surface area contributed by atoms with Crippen molar-refractivity contribution in [3.63, 3.8) is 0 Å². The first kappa shape index (κ1) is 13.0. The minimum atomic E-state index is -4.57. The van der Waals surface area contributed by atoms with Gasteiger partial charge in [-0.3, -0.25) is 0 Å². The van der Waals surface area contributed by atoms with E-state index >= 15 is 0 Å². The molecular formula is C11H12F4O. The van der Waals surface area contributed by atoms with E-state index in [1.54, 1.807) is 13.8 Å². The summed E-state index contributed by atoms with van der Waals surface area (Å²) in [7, 11) is 0. The molecule has 0 radical (unpaired) electrons. The fourth-order valence-corrected chi connectivity index (χ4v) is 1.30. The van der Waals surface area contributed by atoms with E-state index < -0.39 is 23.7 Å². The van der Waals surface area contributed by atoms with Crippen LogP contribution < -0.4 is 0 Å². The highest BCUT2D eigenvalue weighted by Gasteiger charge is 2.31. The fourth-order valence-electron chi connectivity index (χ4n) is 1.30. The fraction of sp³-hybridized carbons (Fsp3) is 0.455. The Bertz CT molecular complexity index is 371. The van der Waals surface area contributed by atoms with E-state index in [1.807, 2.05) is 0 Å². The molecular weight excluding hydrogens is 224 g/mol. The van der Waals surface area contributed by atoms with E-state index in [4.69, 9.17) is 0 Å². The average Bonchev–Trinajstić information content (AvgIpc) is 2.15. The van der Waals surface area contributed by atoms with Gasteiger partial charge in [0, 0.05) is 5.56 Å². The standard InChI is InChI=1S/C11H12F4O/c1-6(2)10(16)8-4-3-7(5-9(8)12)11(13,14)15/h3-6,10,16H,1-2H3. The monoisotopic (exact) mass is 236 g/mol. The van der Waals surface area contributed by atoms with Gasteiger partial charge < -0.3 is 5.11 Å². The van der Waals surface area contributed by atoms with Crippen molar-refractivity contribution in [1.29, 1.82) is 0 Å². The summed E-state index contributed by atoms with van der Waals surface area (Å²) < 4.78 is 50.0. The van der Waals surface area contributed by atoms with Gasteiger partial charge in [0.2, 0.25) is 0 Å². The van der Waals surface area contributed by atoms with Crippen LogP contribution in [0.15, 0.2) is 18.2 Å². The van der Waals surface area contributed by atoms with Gasteiger partial charge in [0.25, 0.3) is 0 Å². The molecule has 0 aromatic heterocycles. The van der Waals surface area contributed by atoms with Gasteiger partial charge in [-0.2, -0.15) is 13.2 Å². The maximum atomic E-state index is 13.3. The van der Waals surface area contributed by atoms with E-state index in [2.05, 4.69) is 0 Å². The number of aliphatic hydroxyl groups excluding tert-OH is 1. The van der Waals surface area contributed by atoms with E-state index in [0.717, 1.165) is 12.1 Å². The first-order valence-corrected chi connectivity index (χ1v) is 4.78. The maximum absolute atomic E-state index is 13.3. The van der Waals surface area contributed by atoms with E-state index in [9.17, 15) is 22.7 Å². The molecule has 0 saturated carbocycles. The summed E-state index contributed by atoms with van der Waals surface area (Å²) in [4.78, 5) is 0. The number of aliphatic hydroxyl groups is 1. The number of rotatable bonds is 2. The van der Waals surface area contributed by atoms with Crippen molar-refractivity contribution in [1.82, 2.24) is 0 Å². The third-order valence-electron chi connectivity index (χ3n) is 2.28. The van der Waals surface area contributed by atoms with Gasteiger partial charge in [-0.05, 0) is 18.1 Å². The number of alkyl halides is 3. The molecule has 0 heterocycles. The van der Waals surface area contributed by atoms with Crippen LogP contribution in [0.3, 0.4) is 0 Å². The lowest BCUT2D eigenvalue weighted by atomic mass is 9.97. The lowest BCUT2D eigenvalue weighted by molar-refractivity contribution is -0.137. The summed E-state index contributed by atoms with van der Waals surface area (Å²) in [6, 6.07) is 2.15. The van der Waals surface area contributed by atoms with Crippen molar-refractivity contribution in [2.45, 2.75) is 26.1 Å². The molecule has 0 aliphatic carbocycles. The van der Waals surface area contributed by atoms with Gasteiger partial charge in [0.05, 0.1) is 11.7 Å². The number of halogens is 4. The van der Waals surface area contributed by atoms with E-state index in [-0.39, 0.29) is 11.5 Å². The predicted octanol–water partition coefficient (Wildman–Crippen LogP) is 3.53. The number of hydrogen-bond donors (Lipinski definition) is 1. The second kappa shape index (κ2) is 4.41. The zero-order valence-electron chi connectivity index (χ0n) is 8.85.